The first-order chi connectivity index (χ1) is 11.3. The molecule has 1 saturated heterocycles. The predicted octanol–water partition coefficient (Wildman–Crippen LogP) is 1.89. The molecule has 0 saturated carbocycles. The number of amides is 1. The number of carbonyl (C=O) groups is 1. The van der Waals surface area contributed by atoms with Gasteiger partial charge in [-0.25, -0.2) is 13.2 Å². The van der Waals surface area contributed by atoms with Gasteiger partial charge in [0, 0.05) is 26.2 Å². The first kappa shape index (κ1) is 18.5. The van der Waals surface area contributed by atoms with Crippen LogP contribution in [0.3, 0.4) is 0 Å². The standard InChI is InChI=1S/C16H24N2O5S/c1-12(2)13-5-6-14(22-3)15(11-13)24(20,21)18-9-7-17(8-10-18)16(19)23-4/h5-6,11-12H,7-10H2,1-4H3. The van der Waals surface area contributed by atoms with Crippen molar-refractivity contribution in [3.63, 3.8) is 0 Å². The summed E-state index contributed by atoms with van der Waals surface area (Å²) >= 11 is 0. The van der Waals surface area contributed by atoms with E-state index in [4.69, 9.17) is 4.74 Å². The molecule has 0 aromatic heterocycles. The highest BCUT2D eigenvalue weighted by Gasteiger charge is 2.32. The number of rotatable bonds is 4. The van der Waals surface area contributed by atoms with Gasteiger partial charge in [-0.1, -0.05) is 19.9 Å². The summed E-state index contributed by atoms with van der Waals surface area (Å²) in [5, 5.41) is 0. The monoisotopic (exact) mass is 356 g/mol. The largest absolute Gasteiger partial charge is 0.495 e. The maximum absolute atomic E-state index is 13.0. The molecule has 0 spiro atoms. The van der Waals surface area contributed by atoms with Crippen molar-refractivity contribution in [1.29, 1.82) is 0 Å². The molecule has 0 bridgehead atoms. The van der Waals surface area contributed by atoms with Crippen LogP contribution in [0.2, 0.25) is 0 Å². The highest BCUT2D eigenvalue weighted by atomic mass is 32.2. The number of hydrogen-bond acceptors (Lipinski definition) is 5. The number of sulfonamides is 1. The van der Waals surface area contributed by atoms with Gasteiger partial charge in [0.2, 0.25) is 10.0 Å². The van der Waals surface area contributed by atoms with Crippen LogP contribution in [0.5, 0.6) is 5.75 Å². The van der Waals surface area contributed by atoms with E-state index in [-0.39, 0.29) is 23.9 Å². The van der Waals surface area contributed by atoms with E-state index in [1.54, 1.807) is 12.1 Å². The number of hydrogen-bond donors (Lipinski definition) is 0. The minimum Gasteiger partial charge on any atom is -0.495 e. The third-order valence-corrected chi connectivity index (χ3v) is 6.06. The Kier molecular flexibility index (Phi) is 5.71. The van der Waals surface area contributed by atoms with Gasteiger partial charge in [-0.15, -0.1) is 0 Å². The summed E-state index contributed by atoms with van der Waals surface area (Å²) in [6.45, 7) is 5.08. The molecule has 1 aromatic rings. The summed E-state index contributed by atoms with van der Waals surface area (Å²) in [7, 11) is -0.917. The molecule has 1 heterocycles. The molecule has 24 heavy (non-hydrogen) atoms. The topological polar surface area (TPSA) is 76.2 Å². The van der Waals surface area contributed by atoms with Crippen LogP contribution in [-0.2, 0) is 14.8 Å². The number of methoxy groups -OCH3 is 2. The quantitative estimate of drug-likeness (QED) is 0.823. The summed E-state index contributed by atoms with van der Waals surface area (Å²) < 4.78 is 37.3. The van der Waals surface area contributed by atoms with E-state index in [0.29, 0.717) is 18.8 Å². The highest BCUT2D eigenvalue weighted by Crippen LogP contribution is 2.30. The highest BCUT2D eigenvalue weighted by molar-refractivity contribution is 7.89. The average Bonchev–Trinajstić information content (AvgIpc) is 2.60. The van der Waals surface area contributed by atoms with Crippen LogP contribution in [0, 0.1) is 0 Å². The SMILES string of the molecule is COC(=O)N1CCN(S(=O)(=O)c2cc(C(C)C)ccc2OC)CC1. The summed E-state index contributed by atoms with van der Waals surface area (Å²) in [6.07, 6.45) is -0.438. The van der Waals surface area contributed by atoms with Crippen molar-refractivity contribution < 1.29 is 22.7 Å². The fourth-order valence-electron chi connectivity index (χ4n) is 2.63. The lowest BCUT2D eigenvalue weighted by Gasteiger charge is -2.33. The third-order valence-electron chi connectivity index (χ3n) is 4.14. The van der Waals surface area contributed by atoms with E-state index in [9.17, 15) is 13.2 Å². The van der Waals surface area contributed by atoms with Crippen LogP contribution in [0.25, 0.3) is 0 Å². The van der Waals surface area contributed by atoms with E-state index >= 15 is 0 Å². The van der Waals surface area contributed by atoms with E-state index < -0.39 is 16.1 Å². The minimum absolute atomic E-state index is 0.169. The molecule has 1 aromatic carbocycles. The molecule has 1 amide bonds. The number of benzene rings is 1. The van der Waals surface area contributed by atoms with Gasteiger partial charge in [0.25, 0.3) is 0 Å². The van der Waals surface area contributed by atoms with Gasteiger partial charge in [-0.3, -0.25) is 0 Å². The average molecular weight is 356 g/mol. The molecule has 1 aliphatic rings. The van der Waals surface area contributed by atoms with Crippen LogP contribution >= 0.6 is 0 Å². The zero-order valence-corrected chi connectivity index (χ0v) is 15.3. The Hall–Kier alpha value is -1.80. The van der Waals surface area contributed by atoms with Crippen molar-refractivity contribution in [2.75, 3.05) is 40.4 Å². The van der Waals surface area contributed by atoms with Gasteiger partial charge in [-0.2, -0.15) is 4.31 Å². The number of piperazine rings is 1. The zero-order valence-electron chi connectivity index (χ0n) is 14.5. The molecule has 0 N–H and O–H groups in total. The molecule has 0 atom stereocenters. The number of ether oxygens (including phenoxy) is 2. The molecule has 0 unspecified atom stereocenters. The van der Waals surface area contributed by atoms with E-state index in [1.807, 2.05) is 19.9 Å². The molecule has 0 radical (unpaired) electrons. The van der Waals surface area contributed by atoms with Crippen molar-refractivity contribution >= 4 is 16.1 Å². The van der Waals surface area contributed by atoms with E-state index in [2.05, 4.69) is 4.74 Å². The molecule has 7 nitrogen and oxygen atoms in total. The zero-order chi connectivity index (χ0) is 17.9. The Bertz CT molecular complexity index is 694. The Morgan fingerprint density at radius 1 is 1.12 bits per heavy atom. The summed E-state index contributed by atoms with van der Waals surface area (Å²) in [5.74, 6) is 0.538. The lowest BCUT2D eigenvalue weighted by Crippen LogP contribution is -2.50. The molecule has 1 aliphatic heterocycles. The molecular weight excluding hydrogens is 332 g/mol. The summed E-state index contributed by atoms with van der Waals surface area (Å²) in [6, 6.07) is 5.23. The molecule has 2 rings (SSSR count). The third kappa shape index (κ3) is 3.64. The molecule has 8 heteroatoms. The summed E-state index contributed by atoms with van der Waals surface area (Å²) in [5.41, 5.74) is 0.933. The lowest BCUT2D eigenvalue weighted by molar-refractivity contribution is 0.108. The Morgan fingerprint density at radius 2 is 1.75 bits per heavy atom. The summed E-state index contributed by atoms with van der Waals surface area (Å²) in [4.78, 5) is 13.2. The van der Waals surface area contributed by atoms with Crippen LogP contribution < -0.4 is 4.74 Å². The molecule has 1 fully saturated rings. The normalized spacial score (nSPS) is 16.3. The van der Waals surface area contributed by atoms with Crippen molar-refractivity contribution in [2.24, 2.45) is 0 Å². The minimum atomic E-state index is -3.69. The second-order valence-electron chi connectivity index (χ2n) is 5.93. The van der Waals surface area contributed by atoms with Gasteiger partial charge in [0.1, 0.15) is 10.6 Å². The van der Waals surface area contributed by atoms with Crippen molar-refractivity contribution in [3.8, 4) is 5.75 Å². The van der Waals surface area contributed by atoms with Crippen molar-refractivity contribution in [2.45, 2.75) is 24.7 Å². The van der Waals surface area contributed by atoms with Crippen LogP contribution in [-0.4, -0.2) is 64.1 Å². The molecule has 0 aliphatic carbocycles. The van der Waals surface area contributed by atoms with Crippen LogP contribution in [0.1, 0.15) is 25.3 Å². The molecular formula is C16H24N2O5S. The van der Waals surface area contributed by atoms with Crippen LogP contribution in [0.15, 0.2) is 23.1 Å². The number of carbonyl (C=O) groups excluding carboxylic acids is 1. The lowest BCUT2D eigenvalue weighted by atomic mass is 10.0. The van der Waals surface area contributed by atoms with Crippen molar-refractivity contribution in [3.05, 3.63) is 23.8 Å². The van der Waals surface area contributed by atoms with Crippen LogP contribution in [0.4, 0.5) is 4.79 Å². The fraction of sp³-hybridized carbons (Fsp3) is 0.562. The maximum Gasteiger partial charge on any atom is 0.409 e. The second-order valence-corrected chi connectivity index (χ2v) is 7.83. The van der Waals surface area contributed by atoms with Crippen molar-refractivity contribution in [1.82, 2.24) is 9.21 Å². The number of nitrogens with zero attached hydrogens (tertiary/aromatic N) is 2. The Labute approximate surface area is 143 Å². The maximum atomic E-state index is 13.0. The molecule has 134 valence electrons. The second kappa shape index (κ2) is 7.40. The van der Waals surface area contributed by atoms with Gasteiger partial charge in [-0.05, 0) is 23.6 Å². The smallest absolute Gasteiger partial charge is 0.409 e. The first-order valence-corrected chi connectivity index (χ1v) is 9.26. The Morgan fingerprint density at radius 3 is 2.25 bits per heavy atom. The van der Waals surface area contributed by atoms with E-state index in [0.717, 1.165) is 5.56 Å². The van der Waals surface area contributed by atoms with E-state index in [1.165, 1.54) is 23.4 Å². The predicted molar refractivity (Wildman–Crippen MR) is 89.8 cm³/mol. The fourth-order valence-corrected chi connectivity index (χ4v) is 4.25. The van der Waals surface area contributed by atoms with Gasteiger partial charge < -0.3 is 14.4 Å². The first-order valence-electron chi connectivity index (χ1n) is 7.82. The van der Waals surface area contributed by atoms with Gasteiger partial charge in [0.15, 0.2) is 0 Å². The van der Waals surface area contributed by atoms with Gasteiger partial charge >= 0.3 is 6.09 Å². The Balaban J connectivity index is 2.28. The van der Waals surface area contributed by atoms with Gasteiger partial charge in [0.05, 0.1) is 14.2 Å².